The first kappa shape index (κ1) is 28.4. The van der Waals surface area contributed by atoms with Gasteiger partial charge in [-0.2, -0.15) is 0 Å². The molecule has 186 valence electrons. The maximum Gasteiger partial charge on any atom is 0.328 e. The molecule has 0 spiro atoms. The van der Waals surface area contributed by atoms with Crippen LogP contribution in [0.4, 0.5) is 0 Å². The third-order valence-corrected chi connectivity index (χ3v) is 6.47. The highest BCUT2D eigenvalue weighted by Crippen LogP contribution is 2.32. The predicted octanol–water partition coefficient (Wildman–Crippen LogP) is 5.86. The third kappa shape index (κ3) is 11.9. The second-order valence-electron chi connectivity index (χ2n) is 9.35. The molecule has 0 saturated carbocycles. The predicted molar refractivity (Wildman–Crippen MR) is 127 cm³/mol. The highest BCUT2D eigenvalue weighted by atomic mass is 16.6. The van der Waals surface area contributed by atoms with Crippen LogP contribution in [0.5, 0.6) is 0 Å². The monoisotopic (exact) mass is 453 g/mol. The van der Waals surface area contributed by atoms with Gasteiger partial charge in [0, 0.05) is 6.42 Å². The van der Waals surface area contributed by atoms with Crippen LogP contribution in [0.2, 0.25) is 0 Å². The van der Waals surface area contributed by atoms with E-state index in [-0.39, 0.29) is 24.1 Å². The van der Waals surface area contributed by atoms with Gasteiger partial charge in [-0.15, -0.1) is 0 Å². The number of hydrogen-bond donors (Lipinski definition) is 1. The minimum atomic E-state index is -0.674. The Labute approximate surface area is 195 Å². The van der Waals surface area contributed by atoms with E-state index < -0.39 is 12.0 Å². The summed E-state index contributed by atoms with van der Waals surface area (Å²) in [6.07, 6.45) is 17.9. The molecule has 0 aliphatic carbocycles. The molecular weight excluding hydrogens is 406 g/mol. The molecule has 1 N–H and O–H groups in total. The van der Waals surface area contributed by atoms with Gasteiger partial charge < -0.3 is 14.8 Å². The van der Waals surface area contributed by atoms with Crippen molar-refractivity contribution in [2.75, 3.05) is 0 Å². The molecule has 1 amide bonds. The van der Waals surface area contributed by atoms with Crippen molar-refractivity contribution >= 4 is 18.3 Å². The molecule has 1 aliphatic heterocycles. The van der Waals surface area contributed by atoms with Gasteiger partial charge in [0.25, 0.3) is 0 Å². The van der Waals surface area contributed by atoms with Gasteiger partial charge in [0.1, 0.15) is 18.2 Å². The molecule has 1 rings (SSSR count). The summed E-state index contributed by atoms with van der Waals surface area (Å²) in [6.45, 7) is 6.02. The van der Waals surface area contributed by atoms with Crippen LogP contribution in [0.15, 0.2) is 0 Å². The van der Waals surface area contributed by atoms with Crippen LogP contribution >= 0.6 is 0 Å². The fourth-order valence-electron chi connectivity index (χ4n) is 4.31. The standard InChI is InChI=1S/C26H47NO5/c1-4-6-8-10-11-12-13-14-15-17-22(31-25(29)21(3)27-20-28)19-24-23(26(30)32-24)18-16-9-7-5-2/h20-24H,4-19H2,1-3H3,(H,27,28)/t21-,22-,23-,24-/m0/s1. The molecule has 0 bridgehead atoms. The van der Waals surface area contributed by atoms with Crippen LogP contribution in [0, 0.1) is 5.92 Å². The lowest BCUT2D eigenvalue weighted by molar-refractivity contribution is -0.190. The summed E-state index contributed by atoms with van der Waals surface area (Å²) >= 11 is 0. The lowest BCUT2D eigenvalue weighted by Crippen LogP contribution is -2.47. The molecule has 0 aromatic carbocycles. The molecule has 1 saturated heterocycles. The van der Waals surface area contributed by atoms with Gasteiger partial charge >= 0.3 is 11.9 Å². The van der Waals surface area contributed by atoms with Gasteiger partial charge in [0.05, 0.1) is 5.92 Å². The quantitative estimate of drug-likeness (QED) is 0.134. The zero-order valence-corrected chi connectivity index (χ0v) is 20.7. The number of carbonyl (C=O) groups is 3. The van der Waals surface area contributed by atoms with Gasteiger partial charge in [-0.25, -0.2) is 4.79 Å². The molecule has 6 heteroatoms. The van der Waals surface area contributed by atoms with Gasteiger partial charge in [-0.1, -0.05) is 90.9 Å². The first-order valence-electron chi connectivity index (χ1n) is 13.1. The molecule has 0 radical (unpaired) electrons. The number of cyclic esters (lactones) is 1. The topological polar surface area (TPSA) is 81.7 Å². The molecule has 0 unspecified atom stereocenters. The van der Waals surface area contributed by atoms with Crippen molar-refractivity contribution in [2.24, 2.45) is 5.92 Å². The van der Waals surface area contributed by atoms with Crippen molar-refractivity contribution in [2.45, 2.75) is 142 Å². The summed E-state index contributed by atoms with van der Waals surface area (Å²) in [5.74, 6) is -0.611. The highest BCUT2D eigenvalue weighted by molar-refractivity contribution is 5.79. The van der Waals surface area contributed by atoms with Crippen LogP contribution in [0.3, 0.4) is 0 Å². The minimum absolute atomic E-state index is 0.0679. The number of nitrogens with one attached hydrogen (secondary N) is 1. The first-order valence-corrected chi connectivity index (χ1v) is 13.1. The Morgan fingerprint density at radius 2 is 1.53 bits per heavy atom. The Hall–Kier alpha value is -1.59. The number of ether oxygens (including phenoxy) is 2. The lowest BCUT2D eigenvalue weighted by Gasteiger charge is -2.37. The van der Waals surface area contributed by atoms with Crippen LogP contribution in [0.25, 0.3) is 0 Å². The second-order valence-corrected chi connectivity index (χ2v) is 9.35. The number of rotatable bonds is 21. The van der Waals surface area contributed by atoms with Crippen LogP contribution in [-0.2, 0) is 23.9 Å². The molecule has 0 aromatic heterocycles. The fourth-order valence-corrected chi connectivity index (χ4v) is 4.31. The van der Waals surface area contributed by atoms with Gasteiger partial charge in [-0.3, -0.25) is 9.59 Å². The Morgan fingerprint density at radius 1 is 0.969 bits per heavy atom. The molecule has 1 aliphatic rings. The van der Waals surface area contributed by atoms with E-state index in [1.807, 2.05) is 0 Å². The fraction of sp³-hybridized carbons (Fsp3) is 0.885. The Morgan fingerprint density at radius 3 is 2.09 bits per heavy atom. The molecule has 1 fully saturated rings. The zero-order valence-electron chi connectivity index (χ0n) is 20.7. The Bertz CT molecular complexity index is 524. The van der Waals surface area contributed by atoms with Crippen molar-refractivity contribution in [1.82, 2.24) is 5.32 Å². The third-order valence-electron chi connectivity index (χ3n) is 6.47. The largest absolute Gasteiger partial charge is 0.461 e. The number of unbranched alkanes of at least 4 members (excludes halogenated alkanes) is 11. The summed E-state index contributed by atoms with van der Waals surface area (Å²) in [7, 11) is 0. The molecule has 6 nitrogen and oxygen atoms in total. The van der Waals surface area contributed by atoms with E-state index in [0.717, 1.165) is 38.5 Å². The maximum absolute atomic E-state index is 12.3. The first-order chi connectivity index (χ1) is 15.5. The lowest BCUT2D eigenvalue weighted by atomic mass is 9.86. The number of esters is 2. The minimum Gasteiger partial charge on any atom is -0.461 e. The zero-order chi connectivity index (χ0) is 23.6. The van der Waals surface area contributed by atoms with E-state index in [2.05, 4.69) is 19.2 Å². The van der Waals surface area contributed by atoms with Crippen molar-refractivity contribution in [3.8, 4) is 0 Å². The maximum atomic E-state index is 12.3. The molecule has 4 atom stereocenters. The molecule has 0 aromatic rings. The smallest absolute Gasteiger partial charge is 0.328 e. The summed E-state index contributed by atoms with van der Waals surface area (Å²) in [4.78, 5) is 34.9. The average molecular weight is 454 g/mol. The van der Waals surface area contributed by atoms with Crippen LogP contribution in [-0.4, -0.2) is 36.6 Å². The number of carbonyl (C=O) groups excluding carboxylic acids is 3. The van der Waals surface area contributed by atoms with Crippen molar-refractivity contribution in [3.05, 3.63) is 0 Å². The van der Waals surface area contributed by atoms with E-state index in [4.69, 9.17) is 9.47 Å². The summed E-state index contributed by atoms with van der Waals surface area (Å²) in [5.41, 5.74) is 0. The normalized spacial score (nSPS) is 19.5. The van der Waals surface area contributed by atoms with Crippen molar-refractivity contribution in [1.29, 1.82) is 0 Å². The van der Waals surface area contributed by atoms with Gasteiger partial charge in [0.2, 0.25) is 6.41 Å². The van der Waals surface area contributed by atoms with Crippen molar-refractivity contribution in [3.63, 3.8) is 0 Å². The number of hydrogen-bond acceptors (Lipinski definition) is 5. The van der Waals surface area contributed by atoms with E-state index >= 15 is 0 Å². The second kappa shape index (κ2) is 17.9. The SMILES string of the molecule is CCCCCCCCCCC[C@@H](C[C@@H]1OC(=O)[C@H]1CCCCCC)OC(=O)[C@H](C)NC=O. The van der Waals surface area contributed by atoms with Crippen LogP contribution in [0.1, 0.15) is 124 Å². The van der Waals surface area contributed by atoms with E-state index in [0.29, 0.717) is 12.8 Å². The Kier molecular flexibility index (Phi) is 15.9. The Balaban J connectivity index is 2.44. The summed E-state index contributed by atoms with van der Waals surface area (Å²) in [5, 5.41) is 2.45. The van der Waals surface area contributed by atoms with E-state index in [1.165, 1.54) is 57.8 Å². The summed E-state index contributed by atoms with van der Waals surface area (Å²) < 4.78 is 11.1. The summed E-state index contributed by atoms with van der Waals surface area (Å²) in [6, 6.07) is -0.674. The average Bonchev–Trinajstić information content (AvgIpc) is 2.77. The molecule has 32 heavy (non-hydrogen) atoms. The molecule has 1 heterocycles. The van der Waals surface area contributed by atoms with Crippen molar-refractivity contribution < 1.29 is 23.9 Å². The van der Waals surface area contributed by atoms with E-state index in [1.54, 1.807) is 6.92 Å². The van der Waals surface area contributed by atoms with Crippen LogP contribution < -0.4 is 5.32 Å². The van der Waals surface area contributed by atoms with Gasteiger partial charge in [-0.05, 0) is 26.2 Å². The highest BCUT2D eigenvalue weighted by Gasteiger charge is 2.43. The van der Waals surface area contributed by atoms with E-state index in [9.17, 15) is 14.4 Å². The molecular formula is C26H47NO5. The van der Waals surface area contributed by atoms with Gasteiger partial charge in [0.15, 0.2) is 0 Å². The number of amides is 1.